The largest absolute Gasteiger partial charge is 0.311 e. The van der Waals surface area contributed by atoms with Gasteiger partial charge in [-0.25, -0.2) is 0 Å². The second-order valence-corrected chi connectivity index (χ2v) is 7.50. The quantitative estimate of drug-likeness (QED) is 0.829. The van der Waals surface area contributed by atoms with Gasteiger partial charge in [0, 0.05) is 62.9 Å². The van der Waals surface area contributed by atoms with Crippen LogP contribution in [-0.4, -0.2) is 72.7 Å². The maximum Gasteiger partial charge on any atom is 0.0244 e. The van der Waals surface area contributed by atoms with Crippen LogP contribution in [0, 0.1) is 5.92 Å². The van der Waals surface area contributed by atoms with Gasteiger partial charge in [0.1, 0.15) is 0 Å². The van der Waals surface area contributed by atoms with Crippen LogP contribution >= 0.6 is 11.8 Å². The number of rotatable bonds is 5. The van der Waals surface area contributed by atoms with Crippen LogP contribution in [0.5, 0.6) is 0 Å². The van der Waals surface area contributed by atoms with Crippen LogP contribution in [0.1, 0.15) is 27.2 Å². The highest BCUT2D eigenvalue weighted by atomic mass is 32.2. The summed E-state index contributed by atoms with van der Waals surface area (Å²) < 4.78 is 0. The van der Waals surface area contributed by atoms with E-state index in [0.29, 0.717) is 6.04 Å². The van der Waals surface area contributed by atoms with E-state index < -0.39 is 0 Å². The molecule has 0 radical (unpaired) electrons. The van der Waals surface area contributed by atoms with Crippen LogP contribution in [0.25, 0.3) is 0 Å². The van der Waals surface area contributed by atoms with E-state index >= 15 is 0 Å². The molecular formula is C15H31N3S. The van der Waals surface area contributed by atoms with Gasteiger partial charge in [0.25, 0.3) is 0 Å². The molecule has 2 aliphatic heterocycles. The van der Waals surface area contributed by atoms with Gasteiger partial charge in [-0.05, 0) is 12.3 Å². The van der Waals surface area contributed by atoms with Gasteiger partial charge >= 0.3 is 0 Å². The van der Waals surface area contributed by atoms with Crippen molar-refractivity contribution < 1.29 is 0 Å². The first-order valence-corrected chi connectivity index (χ1v) is 9.13. The average molecular weight is 286 g/mol. The maximum atomic E-state index is 3.71. The van der Waals surface area contributed by atoms with Crippen LogP contribution in [0.4, 0.5) is 0 Å². The molecule has 112 valence electrons. The Morgan fingerprint density at radius 3 is 2.58 bits per heavy atom. The van der Waals surface area contributed by atoms with Gasteiger partial charge in [0.15, 0.2) is 0 Å². The summed E-state index contributed by atoms with van der Waals surface area (Å²) in [5.74, 6) is 3.40. The molecule has 0 aliphatic carbocycles. The van der Waals surface area contributed by atoms with Crippen LogP contribution in [0.15, 0.2) is 0 Å². The highest BCUT2D eigenvalue weighted by Crippen LogP contribution is 2.17. The second-order valence-electron chi connectivity index (χ2n) is 6.27. The van der Waals surface area contributed by atoms with Gasteiger partial charge in [-0.15, -0.1) is 0 Å². The lowest BCUT2D eigenvalue weighted by Crippen LogP contribution is -2.59. The molecule has 2 saturated heterocycles. The Bertz CT molecular complexity index is 254. The maximum absolute atomic E-state index is 3.71. The van der Waals surface area contributed by atoms with Crippen molar-refractivity contribution in [1.29, 1.82) is 0 Å². The third-order valence-electron chi connectivity index (χ3n) is 4.61. The van der Waals surface area contributed by atoms with Gasteiger partial charge < -0.3 is 10.2 Å². The molecule has 0 bridgehead atoms. The van der Waals surface area contributed by atoms with E-state index in [4.69, 9.17) is 0 Å². The first-order valence-electron chi connectivity index (χ1n) is 7.98. The van der Waals surface area contributed by atoms with Gasteiger partial charge in [0.05, 0.1) is 0 Å². The lowest BCUT2D eigenvalue weighted by Gasteiger charge is -2.43. The van der Waals surface area contributed by atoms with Crippen molar-refractivity contribution >= 4 is 11.8 Å². The van der Waals surface area contributed by atoms with Crippen LogP contribution in [0.3, 0.4) is 0 Å². The van der Waals surface area contributed by atoms with E-state index in [1.807, 2.05) is 0 Å². The molecule has 0 aromatic carbocycles. The van der Waals surface area contributed by atoms with Gasteiger partial charge in [-0.3, -0.25) is 4.90 Å². The zero-order chi connectivity index (χ0) is 13.7. The zero-order valence-corrected chi connectivity index (χ0v) is 13.7. The lowest BCUT2D eigenvalue weighted by molar-refractivity contribution is 0.0852. The minimum Gasteiger partial charge on any atom is -0.311 e. The normalized spacial score (nSPS) is 30.9. The molecule has 4 heteroatoms. The summed E-state index contributed by atoms with van der Waals surface area (Å²) in [6, 6.07) is 1.42. The molecule has 0 aromatic rings. The molecule has 2 heterocycles. The van der Waals surface area contributed by atoms with Crippen molar-refractivity contribution in [3.63, 3.8) is 0 Å². The Hall–Kier alpha value is 0.230. The molecule has 3 nitrogen and oxygen atoms in total. The van der Waals surface area contributed by atoms with Crippen LogP contribution < -0.4 is 5.32 Å². The fraction of sp³-hybridized carbons (Fsp3) is 1.00. The number of nitrogens with zero attached hydrogens (tertiary/aromatic N) is 2. The summed E-state index contributed by atoms with van der Waals surface area (Å²) in [5.41, 5.74) is 0. The molecule has 0 amide bonds. The summed E-state index contributed by atoms with van der Waals surface area (Å²) >= 11 is 2.10. The van der Waals surface area contributed by atoms with Crippen molar-refractivity contribution in [3.05, 3.63) is 0 Å². The molecule has 0 spiro atoms. The van der Waals surface area contributed by atoms with Crippen LogP contribution in [0.2, 0.25) is 0 Å². The van der Waals surface area contributed by atoms with Gasteiger partial charge in [-0.2, -0.15) is 11.8 Å². The smallest absolute Gasteiger partial charge is 0.0244 e. The topological polar surface area (TPSA) is 18.5 Å². The predicted molar refractivity (Wildman–Crippen MR) is 86.0 cm³/mol. The van der Waals surface area contributed by atoms with Gasteiger partial charge in [0.2, 0.25) is 0 Å². The van der Waals surface area contributed by atoms with Crippen molar-refractivity contribution in [2.75, 3.05) is 50.8 Å². The predicted octanol–water partition coefficient (Wildman–Crippen LogP) is 1.74. The Kier molecular flexibility index (Phi) is 6.46. The molecule has 2 aliphatic rings. The average Bonchev–Trinajstić information content (AvgIpc) is 2.45. The minimum absolute atomic E-state index is 0.701. The molecule has 2 unspecified atom stereocenters. The third-order valence-corrected chi connectivity index (χ3v) is 5.55. The number of nitrogens with one attached hydrogen (secondary N) is 1. The van der Waals surface area contributed by atoms with E-state index in [1.165, 1.54) is 57.2 Å². The van der Waals surface area contributed by atoms with E-state index in [2.05, 4.69) is 47.6 Å². The molecule has 19 heavy (non-hydrogen) atoms. The first-order chi connectivity index (χ1) is 9.20. The van der Waals surface area contributed by atoms with Crippen molar-refractivity contribution in [3.8, 4) is 0 Å². The Morgan fingerprint density at radius 2 is 1.95 bits per heavy atom. The third kappa shape index (κ3) is 4.62. The Morgan fingerprint density at radius 1 is 1.21 bits per heavy atom. The van der Waals surface area contributed by atoms with E-state index in [9.17, 15) is 0 Å². The van der Waals surface area contributed by atoms with Gasteiger partial charge in [-0.1, -0.05) is 20.8 Å². The first kappa shape index (κ1) is 15.6. The Labute approximate surface area is 123 Å². The Balaban J connectivity index is 1.82. The summed E-state index contributed by atoms with van der Waals surface area (Å²) in [4.78, 5) is 5.40. The van der Waals surface area contributed by atoms with Crippen LogP contribution in [-0.2, 0) is 0 Å². The fourth-order valence-electron chi connectivity index (χ4n) is 3.18. The van der Waals surface area contributed by atoms with Crippen molar-refractivity contribution in [1.82, 2.24) is 15.1 Å². The highest BCUT2D eigenvalue weighted by Gasteiger charge is 2.29. The lowest BCUT2D eigenvalue weighted by atomic mass is 9.97. The highest BCUT2D eigenvalue weighted by molar-refractivity contribution is 7.99. The molecule has 2 fully saturated rings. The number of thioether (sulfide) groups is 1. The molecule has 2 atom stereocenters. The number of hydrogen-bond donors (Lipinski definition) is 1. The SMILES string of the molecule is CCC1CN(CCN2CCSCC2)C(C(C)C)CN1. The molecule has 1 N–H and O–H groups in total. The summed E-state index contributed by atoms with van der Waals surface area (Å²) in [5, 5.41) is 3.71. The summed E-state index contributed by atoms with van der Waals surface area (Å²) in [6.07, 6.45) is 1.25. The zero-order valence-electron chi connectivity index (χ0n) is 12.9. The van der Waals surface area contributed by atoms with E-state index in [-0.39, 0.29) is 0 Å². The number of hydrogen-bond acceptors (Lipinski definition) is 4. The molecule has 2 rings (SSSR count). The standard InChI is InChI=1S/C15H31N3S/c1-4-14-12-18(15(11-16-14)13(2)3)6-5-17-7-9-19-10-8-17/h13-16H,4-12H2,1-3H3. The number of piperazine rings is 1. The minimum atomic E-state index is 0.701. The summed E-state index contributed by atoms with van der Waals surface area (Å²) in [7, 11) is 0. The van der Waals surface area contributed by atoms with Crippen molar-refractivity contribution in [2.45, 2.75) is 39.3 Å². The molecular weight excluding hydrogens is 254 g/mol. The summed E-state index contributed by atoms with van der Waals surface area (Å²) in [6.45, 7) is 14.5. The van der Waals surface area contributed by atoms with E-state index in [1.54, 1.807) is 0 Å². The fourth-order valence-corrected chi connectivity index (χ4v) is 4.16. The molecule has 0 saturated carbocycles. The second kappa shape index (κ2) is 7.87. The van der Waals surface area contributed by atoms with E-state index in [0.717, 1.165) is 12.0 Å². The monoisotopic (exact) mass is 285 g/mol. The van der Waals surface area contributed by atoms with Crippen molar-refractivity contribution in [2.24, 2.45) is 5.92 Å². The molecule has 0 aromatic heterocycles.